The molecule has 168 valence electrons. The summed E-state index contributed by atoms with van der Waals surface area (Å²) in [5.74, 6) is -1.90. The summed E-state index contributed by atoms with van der Waals surface area (Å²) in [4.78, 5) is 11.0. The van der Waals surface area contributed by atoms with Gasteiger partial charge in [0.1, 0.15) is 11.6 Å². The Morgan fingerprint density at radius 1 is 1.06 bits per heavy atom. The van der Waals surface area contributed by atoms with Gasteiger partial charge in [-0.15, -0.1) is 0 Å². The fraction of sp³-hybridized carbons (Fsp3) is 0.304. The topological polar surface area (TPSA) is 50.3 Å². The number of nitrogens with zero attached hydrogens (tertiary/aromatic N) is 3. The van der Waals surface area contributed by atoms with Crippen molar-refractivity contribution in [3.8, 4) is 0 Å². The Hall–Kier alpha value is -2.78. The Balaban J connectivity index is 1.38. The molecule has 2 heterocycles. The zero-order valence-corrected chi connectivity index (χ0v) is 18.1. The number of thiol groups is 1. The molecule has 5 nitrogen and oxygen atoms in total. The second-order valence-electron chi connectivity index (χ2n) is 7.65. The third-order valence-corrected chi connectivity index (χ3v) is 5.65. The molecule has 1 aliphatic rings. The monoisotopic (exact) mass is 460 g/mol. The molecule has 0 amide bonds. The Morgan fingerprint density at radius 2 is 1.84 bits per heavy atom. The zero-order valence-electron chi connectivity index (χ0n) is 17.2. The van der Waals surface area contributed by atoms with E-state index in [1.54, 1.807) is 6.20 Å². The van der Waals surface area contributed by atoms with Crippen LogP contribution in [0, 0.1) is 17.5 Å². The third kappa shape index (κ3) is 5.52. The molecule has 1 saturated heterocycles. The normalized spacial score (nSPS) is 18.2. The molecule has 0 bridgehead atoms. The highest BCUT2D eigenvalue weighted by atomic mass is 32.1. The van der Waals surface area contributed by atoms with E-state index in [0.717, 1.165) is 23.9 Å². The number of nitrogens with one attached hydrogen (secondary N) is 1. The van der Waals surface area contributed by atoms with Crippen molar-refractivity contribution in [2.24, 2.45) is 0 Å². The molecule has 2 unspecified atom stereocenters. The molecule has 1 N–H and O–H groups in total. The number of anilines is 2. The molecule has 32 heavy (non-hydrogen) atoms. The highest BCUT2D eigenvalue weighted by Crippen LogP contribution is 2.28. The second kappa shape index (κ2) is 10.2. The van der Waals surface area contributed by atoms with Crippen molar-refractivity contribution in [1.82, 2.24) is 9.97 Å². The van der Waals surface area contributed by atoms with Crippen LogP contribution in [0.15, 0.2) is 54.7 Å². The maximum absolute atomic E-state index is 13.8. The molecule has 1 aromatic heterocycles. The largest absolute Gasteiger partial charge is 0.375 e. The molecule has 3 aromatic rings. The molecule has 0 aliphatic carbocycles. The van der Waals surface area contributed by atoms with Crippen LogP contribution in [0.4, 0.5) is 24.9 Å². The molecule has 0 radical (unpaired) electrons. The molecule has 1 aliphatic heterocycles. The summed E-state index contributed by atoms with van der Waals surface area (Å²) in [5, 5.41) is 3.35. The maximum atomic E-state index is 13.8. The molecule has 0 saturated carbocycles. The van der Waals surface area contributed by atoms with Gasteiger partial charge in [0.25, 0.3) is 0 Å². The van der Waals surface area contributed by atoms with Gasteiger partial charge in [-0.3, -0.25) is 0 Å². The summed E-state index contributed by atoms with van der Waals surface area (Å²) in [6.45, 7) is 1.39. The van der Waals surface area contributed by atoms with Gasteiger partial charge in [0.2, 0.25) is 5.95 Å². The van der Waals surface area contributed by atoms with Gasteiger partial charge in [-0.1, -0.05) is 30.3 Å². The smallest absolute Gasteiger partial charge is 0.224 e. The molecular weight excluding hydrogens is 437 g/mol. The van der Waals surface area contributed by atoms with Crippen LogP contribution in [0.5, 0.6) is 0 Å². The van der Waals surface area contributed by atoms with Gasteiger partial charge in [0, 0.05) is 36.2 Å². The molecule has 9 heteroatoms. The minimum atomic E-state index is -1.22. The minimum absolute atomic E-state index is 0.0229. The predicted octanol–water partition coefficient (Wildman–Crippen LogP) is 4.60. The molecule has 2 atom stereocenters. The van der Waals surface area contributed by atoms with Crippen LogP contribution in [0.1, 0.15) is 17.5 Å². The van der Waals surface area contributed by atoms with Crippen molar-refractivity contribution in [1.29, 1.82) is 0 Å². The highest BCUT2D eigenvalue weighted by Gasteiger charge is 2.31. The molecule has 0 spiro atoms. The SMILES string of the molecule is Fc1cc(F)c(COCC2CC(S)CN2c2ccnc(NCc3ccccc3)n2)cc1F. The van der Waals surface area contributed by atoms with Crippen molar-refractivity contribution in [3.63, 3.8) is 0 Å². The summed E-state index contributed by atoms with van der Waals surface area (Å²) in [5.41, 5.74) is 1.10. The van der Waals surface area contributed by atoms with Gasteiger partial charge in [0.15, 0.2) is 11.6 Å². The van der Waals surface area contributed by atoms with Crippen LogP contribution < -0.4 is 10.2 Å². The molecular formula is C23H23F3N4OS. The summed E-state index contributed by atoms with van der Waals surface area (Å²) in [6.07, 6.45) is 2.44. The second-order valence-corrected chi connectivity index (χ2v) is 8.38. The van der Waals surface area contributed by atoms with Gasteiger partial charge >= 0.3 is 0 Å². The van der Waals surface area contributed by atoms with E-state index in [-0.39, 0.29) is 30.1 Å². The zero-order chi connectivity index (χ0) is 22.5. The van der Waals surface area contributed by atoms with Crippen molar-refractivity contribution in [2.45, 2.75) is 30.9 Å². The number of rotatable bonds is 8. The first kappa shape index (κ1) is 22.4. The van der Waals surface area contributed by atoms with Crippen LogP contribution in [-0.2, 0) is 17.9 Å². The van der Waals surface area contributed by atoms with Crippen molar-refractivity contribution in [3.05, 3.63) is 83.3 Å². The summed E-state index contributed by atoms with van der Waals surface area (Å²) in [6, 6.07) is 13.1. The number of aromatic nitrogens is 2. The fourth-order valence-corrected chi connectivity index (χ4v) is 4.10. The Bertz CT molecular complexity index is 1060. The first-order chi connectivity index (χ1) is 15.5. The van der Waals surface area contributed by atoms with E-state index >= 15 is 0 Å². The van der Waals surface area contributed by atoms with Gasteiger partial charge < -0.3 is 15.0 Å². The van der Waals surface area contributed by atoms with Crippen molar-refractivity contribution in [2.75, 3.05) is 23.4 Å². The van der Waals surface area contributed by atoms with E-state index in [0.29, 0.717) is 25.1 Å². The fourth-order valence-electron chi connectivity index (χ4n) is 3.68. The van der Waals surface area contributed by atoms with Crippen LogP contribution in [0.2, 0.25) is 0 Å². The number of hydrogen-bond donors (Lipinski definition) is 2. The van der Waals surface area contributed by atoms with Crippen LogP contribution in [-0.4, -0.2) is 34.4 Å². The first-order valence-electron chi connectivity index (χ1n) is 10.3. The Labute approximate surface area is 190 Å². The van der Waals surface area contributed by atoms with E-state index in [1.165, 1.54) is 0 Å². The lowest BCUT2D eigenvalue weighted by Gasteiger charge is -2.25. The number of halogens is 3. The van der Waals surface area contributed by atoms with Crippen molar-refractivity contribution < 1.29 is 17.9 Å². The predicted molar refractivity (Wildman–Crippen MR) is 120 cm³/mol. The van der Waals surface area contributed by atoms with Gasteiger partial charge in [-0.25, -0.2) is 18.2 Å². The minimum Gasteiger partial charge on any atom is -0.375 e. The summed E-state index contributed by atoms with van der Waals surface area (Å²) < 4.78 is 46.0. The Kier molecular flexibility index (Phi) is 7.16. The summed E-state index contributed by atoms with van der Waals surface area (Å²) in [7, 11) is 0. The average Bonchev–Trinajstić information content (AvgIpc) is 3.17. The molecule has 1 fully saturated rings. The lowest BCUT2D eigenvalue weighted by Crippen LogP contribution is -2.34. The van der Waals surface area contributed by atoms with Gasteiger partial charge in [0.05, 0.1) is 19.3 Å². The van der Waals surface area contributed by atoms with Gasteiger partial charge in [-0.05, 0) is 24.1 Å². The van der Waals surface area contributed by atoms with Crippen LogP contribution >= 0.6 is 12.6 Å². The first-order valence-corrected chi connectivity index (χ1v) is 10.8. The maximum Gasteiger partial charge on any atom is 0.224 e. The van der Waals surface area contributed by atoms with Crippen molar-refractivity contribution >= 4 is 24.4 Å². The summed E-state index contributed by atoms with van der Waals surface area (Å²) >= 11 is 4.60. The van der Waals surface area contributed by atoms with Gasteiger partial charge in [-0.2, -0.15) is 17.6 Å². The standard InChI is InChI=1S/C23H23F3N4OS/c24-19-10-21(26)20(25)8-16(19)13-31-14-17-9-18(32)12-30(17)22-6-7-27-23(29-22)28-11-15-4-2-1-3-5-15/h1-8,10,17-18,32H,9,11-14H2,(H,27,28,29). The van der Waals surface area contributed by atoms with E-state index in [4.69, 9.17) is 4.74 Å². The van der Waals surface area contributed by atoms with E-state index in [9.17, 15) is 13.2 Å². The number of ether oxygens (including phenoxy) is 1. The van der Waals surface area contributed by atoms with Crippen LogP contribution in [0.25, 0.3) is 0 Å². The van der Waals surface area contributed by atoms with E-state index in [2.05, 4.69) is 32.8 Å². The lowest BCUT2D eigenvalue weighted by atomic mass is 10.2. The van der Waals surface area contributed by atoms with E-state index < -0.39 is 17.5 Å². The number of hydrogen-bond acceptors (Lipinski definition) is 6. The van der Waals surface area contributed by atoms with E-state index in [1.807, 2.05) is 36.4 Å². The average molecular weight is 461 g/mol. The quantitative estimate of drug-likeness (QED) is 0.380. The lowest BCUT2D eigenvalue weighted by molar-refractivity contribution is 0.106. The number of benzene rings is 2. The third-order valence-electron chi connectivity index (χ3n) is 5.28. The Morgan fingerprint density at radius 3 is 2.66 bits per heavy atom. The highest BCUT2D eigenvalue weighted by molar-refractivity contribution is 7.81. The van der Waals surface area contributed by atoms with Crippen LogP contribution in [0.3, 0.4) is 0 Å². The molecule has 4 rings (SSSR count). The molecule has 2 aromatic carbocycles.